The lowest BCUT2D eigenvalue weighted by molar-refractivity contribution is -0.138. The predicted octanol–water partition coefficient (Wildman–Crippen LogP) is 2.12. The van der Waals surface area contributed by atoms with E-state index < -0.39 is 18.0 Å². The number of urea groups is 1. The maximum Gasteiger partial charge on any atom is 0.325 e. The number of unbranched alkanes of at least 4 members (excludes halogenated alkanes) is 3. The number of carbonyl (C=O) groups is 2. The maximum absolute atomic E-state index is 11.4. The van der Waals surface area contributed by atoms with Crippen LogP contribution in [0.15, 0.2) is 0 Å². The van der Waals surface area contributed by atoms with E-state index in [1.165, 1.54) is 26.2 Å². The van der Waals surface area contributed by atoms with Crippen LogP contribution in [0.3, 0.4) is 0 Å². The van der Waals surface area contributed by atoms with E-state index in [1.54, 1.807) is 0 Å². The van der Waals surface area contributed by atoms with Gasteiger partial charge in [0.15, 0.2) is 0 Å². The van der Waals surface area contributed by atoms with Gasteiger partial charge in [-0.1, -0.05) is 32.6 Å². The first-order valence-corrected chi connectivity index (χ1v) is 6.27. The fraction of sp³-hybridized carbons (Fsp3) is 0.833. The van der Waals surface area contributed by atoms with Crippen LogP contribution in [0.2, 0.25) is 0 Å². The summed E-state index contributed by atoms with van der Waals surface area (Å²) >= 11 is 0. The topological polar surface area (TPSA) is 78.4 Å². The minimum Gasteiger partial charge on any atom is -0.480 e. The van der Waals surface area contributed by atoms with E-state index in [0.29, 0.717) is 0 Å². The smallest absolute Gasteiger partial charge is 0.325 e. The van der Waals surface area contributed by atoms with Gasteiger partial charge in [0.1, 0.15) is 6.04 Å². The molecular weight excluding hydrogens is 220 g/mol. The molecule has 0 aromatic heterocycles. The number of hydrogen-bond donors (Lipinski definition) is 3. The number of carboxylic acid groups (broad SMARTS) is 1. The largest absolute Gasteiger partial charge is 0.480 e. The summed E-state index contributed by atoms with van der Waals surface area (Å²) in [5, 5.41) is 13.7. The third-order valence-corrected chi connectivity index (χ3v) is 2.59. The van der Waals surface area contributed by atoms with Gasteiger partial charge in [-0.3, -0.25) is 4.79 Å². The standard InChI is InChI=1S/C12H24N2O3/c1-4-5-6-7-8-9(2)13-12(17)14-10(3)11(15)16/h9-10H,4-8H2,1-3H3,(H,15,16)(H2,13,14,17)/t9?,10-/m0/s1. The normalized spacial score (nSPS) is 13.8. The summed E-state index contributed by atoms with van der Waals surface area (Å²) in [5.41, 5.74) is 0. The minimum atomic E-state index is -1.03. The Bertz CT molecular complexity index is 244. The molecule has 1 unspecified atom stereocenters. The van der Waals surface area contributed by atoms with Gasteiger partial charge in [-0.15, -0.1) is 0 Å². The second-order valence-electron chi connectivity index (χ2n) is 4.43. The van der Waals surface area contributed by atoms with E-state index in [0.717, 1.165) is 12.8 Å². The lowest BCUT2D eigenvalue weighted by Crippen LogP contribution is -2.47. The van der Waals surface area contributed by atoms with Crippen LogP contribution in [0.1, 0.15) is 52.9 Å². The van der Waals surface area contributed by atoms with Crippen LogP contribution in [0, 0.1) is 0 Å². The molecule has 0 aromatic carbocycles. The fourth-order valence-corrected chi connectivity index (χ4v) is 1.47. The number of carboxylic acids is 1. The van der Waals surface area contributed by atoms with Crippen LogP contribution >= 0.6 is 0 Å². The van der Waals surface area contributed by atoms with Crippen molar-refractivity contribution in [3.63, 3.8) is 0 Å². The van der Waals surface area contributed by atoms with Crippen molar-refractivity contribution < 1.29 is 14.7 Å². The summed E-state index contributed by atoms with van der Waals surface area (Å²) in [7, 11) is 0. The molecule has 0 fully saturated rings. The first-order chi connectivity index (χ1) is 7.97. The molecule has 3 N–H and O–H groups in total. The molecule has 0 aliphatic heterocycles. The zero-order chi connectivity index (χ0) is 13.3. The maximum atomic E-state index is 11.4. The Hall–Kier alpha value is -1.26. The van der Waals surface area contributed by atoms with Crippen molar-refractivity contribution >= 4 is 12.0 Å². The Kier molecular flexibility index (Phi) is 8.19. The van der Waals surface area contributed by atoms with Gasteiger partial charge in [-0.2, -0.15) is 0 Å². The number of nitrogens with one attached hydrogen (secondary N) is 2. The van der Waals surface area contributed by atoms with Crippen LogP contribution in [-0.2, 0) is 4.79 Å². The predicted molar refractivity (Wildman–Crippen MR) is 67.0 cm³/mol. The third kappa shape index (κ3) is 8.54. The van der Waals surface area contributed by atoms with Gasteiger partial charge < -0.3 is 15.7 Å². The Labute approximate surface area is 103 Å². The van der Waals surface area contributed by atoms with Gasteiger partial charge >= 0.3 is 12.0 Å². The lowest BCUT2D eigenvalue weighted by Gasteiger charge is -2.16. The van der Waals surface area contributed by atoms with Gasteiger partial charge in [0.25, 0.3) is 0 Å². The number of carbonyl (C=O) groups excluding carboxylic acids is 1. The van der Waals surface area contributed by atoms with E-state index in [1.807, 2.05) is 6.92 Å². The molecule has 0 rings (SSSR count). The van der Waals surface area contributed by atoms with Crippen LogP contribution in [-0.4, -0.2) is 29.2 Å². The average molecular weight is 244 g/mol. The number of rotatable bonds is 8. The number of amides is 2. The molecule has 5 nitrogen and oxygen atoms in total. The molecule has 0 spiro atoms. The molecule has 100 valence electrons. The summed E-state index contributed by atoms with van der Waals surface area (Å²) in [5.74, 6) is -1.03. The Balaban J connectivity index is 3.69. The summed E-state index contributed by atoms with van der Waals surface area (Å²) < 4.78 is 0. The fourth-order valence-electron chi connectivity index (χ4n) is 1.47. The number of hydrogen-bond acceptors (Lipinski definition) is 2. The highest BCUT2D eigenvalue weighted by Crippen LogP contribution is 2.05. The molecule has 0 aromatic rings. The van der Waals surface area contributed by atoms with E-state index in [-0.39, 0.29) is 6.04 Å². The second-order valence-corrected chi connectivity index (χ2v) is 4.43. The molecule has 0 saturated heterocycles. The van der Waals surface area contributed by atoms with Gasteiger partial charge in [0.2, 0.25) is 0 Å². The van der Waals surface area contributed by atoms with E-state index in [9.17, 15) is 9.59 Å². The number of aliphatic carboxylic acids is 1. The van der Waals surface area contributed by atoms with Gasteiger partial charge in [-0.25, -0.2) is 4.79 Å². The van der Waals surface area contributed by atoms with E-state index in [4.69, 9.17) is 5.11 Å². The summed E-state index contributed by atoms with van der Waals surface area (Å²) in [6.45, 7) is 5.52. The molecule has 2 atom stereocenters. The molecule has 2 amide bonds. The van der Waals surface area contributed by atoms with Crippen LogP contribution in [0.5, 0.6) is 0 Å². The van der Waals surface area contributed by atoms with Gasteiger partial charge in [-0.05, 0) is 20.3 Å². The molecule has 17 heavy (non-hydrogen) atoms. The quantitative estimate of drug-likeness (QED) is 0.572. The van der Waals surface area contributed by atoms with Crippen LogP contribution < -0.4 is 10.6 Å². The zero-order valence-electron chi connectivity index (χ0n) is 11.0. The monoisotopic (exact) mass is 244 g/mol. The summed E-state index contributed by atoms with van der Waals surface area (Å²) in [6.07, 6.45) is 5.60. The van der Waals surface area contributed by atoms with Crippen molar-refractivity contribution in [3.05, 3.63) is 0 Å². The SMILES string of the molecule is CCCCCCC(C)NC(=O)N[C@@H](C)C(=O)O. The van der Waals surface area contributed by atoms with Crippen molar-refractivity contribution in [1.82, 2.24) is 10.6 Å². The van der Waals surface area contributed by atoms with Gasteiger partial charge in [0.05, 0.1) is 0 Å². The van der Waals surface area contributed by atoms with E-state index >= 15 is 0 Å². The first-order valence-electron chi connectivity index (χ1n) is 6.27. The summed E-state index contributed by atoms with van der Waals surface area (Å²) in [4.78, 5) is 21.9. The van der Waals surface area contributed by atoms with Crippen molar-refractivity contribution in [1.29, 1.82) is 0 Å². The molecule has 0 aliphatic rings. The van der Waals surface area contributed by atoms with Crippen molar-refractivity contribution in [2.24, 2.45) is 0 Å². The molecule has 0 heterocycles. The highest BCUT2D eigenvalue weighted by molar-refractivity contribution is 5.82. The summed E-state index contributed by atoms with van der Waals surface area (Å²) in [6, 6.07) is -1.20. The van der Waals surface area contributed by atoms with Crippen molar-refractivity contribution in [3.8, 4) is 0 Å². The second kappa shape index (κ2) is 8.84. The first kappa shape index (κ1) is 15.7. The Morgan fingerprint density at radius 3 is 2.29 bits per heavy atom. The Morgan fingerprint density at radius 1 is 1.12 bits per heavy atom. The highest BCUT2D eigenvalue weighted by Gasteiger charge is 2.14. The van der Waals surface area contributed by atoms with Crippen molar-refractivity contribution in [2.45, 2.75) is 65.0 Å². The van der Waals surface area contributed by atoms with Crippen molar-refractivity contribution in [2.75, 3.05) is 0 Å². The van der Waals surface area contributed by atoms with Gasteiger partial charge in [0, 0.05) is 6.04 Å². The molecule has 0 aliphatic carbocycles. The lowest BCUT2D eigenvalue weighted by atomic mass is 10.1. The molecule has 0 saturated carbocycles. The zero-order valence-corrected chi connectivity index (χ0v) is 11.0. The van der Waals surface area contributed by atoms with Crippen LogP contribution in [0.25, 0.3) is 0 Å². The minimum absolute atomic E-state index is 0.0767. The molecule has 0 bridgehead atoms. The molecule has 0 radical (unpaired) electrons. The Morgan fingerprint density at radius 2 is 1.76 bits per heavy atom. The molecule has 5 heteroatoms. The highest BCUT2D eigenvalue weighted by atomic mass is 16.4. The third-order valence-electron chi connectivity index (χ3n) is 2.59. The van der Waals surface area contributed by atoms with Crippen LogP contribution in [0.4, 0.5) is 4.79 Å². The molecular formula is C12H24N2O3. The van der Waals surface area contributed by atoms with E-state index in [2.05, 4.69) is 17.6 Å². The average Bonchev–Trinajstić information content (AvgIpc) is 2.24.